The molecule has 0 bridgehead atoms. The highest BCUT2D eigenvalue weighted by atomic mass is 127. The topological polar surface area (TPSA) is 24.1 Å². The minimum Gasteiger partial charge on any atom is -0.368 e. The van der Waals surface area contributed by atoms with Crippen LogP contribution in [0.25, 0.3) is 0 Å². The van der Waals surface area contributed by atoms with Crippen LogP contribution in [0.15, 0.2) is 12.3 Å². The summed E-state index contributed by atoms with van der Waals surface area (Å²) in [6, 6.07) is 0. The molecular weight excluding hydrogens is 247 g/mol. The zero-order chi connectivity index (χ0) is 5.82. The molecular formula is C5H11IN2S. The Balaban J connectivity index is 0.000000640. The summed E-state index contributed by atoms with van der Waals surface area (Å²) in [6.45, 7) is 0.985. The molecule has 54 valence electrons. The van der Waals surface area contributed by atoms with E-state index in [4.69, 9.17) is 0 Å². The van der Waals surface area contributed by atoms with E-state index in [2.05, 4.69) is 23.0 Å². The molecule has 0 aromatic rings. The van der Waals surface area contributed by atoms with Crippen LogP contribution in [-0.4, -0.2) is 18.3 Å². The maximum Gasteiger partial charge on any atom is 0.125 e. The number of hydrogen-bond donors (Lipinski definition) is 2. The van der Waals surface area contributed by atoms with Crippen molar-refractivity contribution in [3.8, 4) is 0 Å². The van der Waals surface area contributed by atoms with Crippen molar-refractivity contribution in [3.05, 3.63) is 12.3 Å². The lowest BCUT2D eigenvalue weighted by atomic mass is 10.5. The molecule has 0 fully saturated rings. The maximum absolute atomic E-state index is 3.23. The fourth-order valence-corrected chi connectivity index (χ4v) is 1.08. The molecule has 1 aliphatic rings. The highest BCUT2D eigenvalue weighted by Crippen LogP contribution is 1.99. The van der Waals surface area contributed by atoms with Crippen molar-refractivity contribution in [2.45, 2.75) is 5.50 Å². The van der Waals surface area contributed by atoms with Crippen molar-refractivity contribution in [2.24, 2.45) is 0 Å². The maximum atomic E-state index is 3.23. The number of rotatable bonds is 1. The molecule has 1 unspecified atom stereocenters. The minimum absolute atomic E-state index is 0. The lowest BCUT2D eigenvalue weighted by Crippen LogP contribution is -2.39. The third-order valence-corrected chi connectivity index (χ3v) is 1.80. The molecule has 0 aromatic heterocycles. The van der Waals surface area contributed by atoms with Gasteiger partial charge in [-0.2, -0.15) is 0 Å². The van der Waals surface area contributed by atoms with Crippen LogP contribution in [0.2, 0.25) is 0 Å². The number of nitrogens with one attached hydrogen (secondary N) is 2. The van der Waals surface area contributed by atoms with Gasteiger partial charge in [-0.05, 0) is 12.5 Å². The summed E-state index contributed by atoms with van der Waals surface area (Å²) in [4.78, 5) is 0. The van der Waals surface area contributed by atoms with Gasteiger partial charge in [0, 0.05) is 6.54 Å². The summed E-state index contributed by atoms with van der Waals surface area (Å²) in [5, 5.41) is 6.37. The van der Waals surface area contributed by atoms with Crippen LogP contribution in [0.3, 0.4) is 0 Å². The molecule has 1 atom stereocenters. The normalized spacial score (nSPS) is 24.3. The second kappa shape index (κ2) is 5.37. The van der Waals surface area contributed by atoms with Gasteiger partial charge in [0.1, 0.15) is 5.50 Å². The Bertz CT molecular complexity index is 97.0. The van der Waals surface area contributed by atoms with Crippen molar-refractivity contribution in [2.75, 3.05) is 12.8 Å². The third-order valence-electron chi connectivity index (χ3n) is 1.02. The predicted molar refractivity (Wildman–Crippen MR) is 53.0 cm³/mol. The fraction of sp³-hybridized carbons (Fsp3) is 0.600. The Morgan fingerprint density at radius 2 is 2.44 bits per heavy atom. The Morgan fingerprint density at radius 1 is 1.67 bits per heavy atom. The Kier molecular flexibility index (Phi) is 5.72. The first-order valence-corrected chi connectivity index (χ1v) is 3.89. The van der Waals surface area contributed by atoms with E-state index < -0.39 is 0 Å². The first kappa shape index (κ1) is 9.58. The largest absolute Gasteiger partial charge is 0.368 e. The Morgan fingerprint density at radius 3 is 2.78 bits per heavy atom. The number of hydrogen-bond acceptors (Lipinski definition) is 3. The van der Waals surface area contributed by atoms with Crippen LogP contribution in [-0.2, 0) is 0 Å². The van der Waals surface area contributed by atoms with E-state index in [9.17, 15) is 0 Å². The van der Waals surface area contributed by atoms with E-state index in [1.807, 2.05) is 6.20 Å². The van der Waals surface area contributed by atoms with Gasteiger partial charge in [-0.15, -0.1) is 35.7 Å². The lowest BCUT2D eigenvalue weighted by Gasteiger charge is -2.18. The lowest BCUT2D eigenvalue weighted by molar-refractivity contribution is 0.622. The summed E-state index contributed by atoms with van der Waals surface area (Å²) in [6.07, 6.45) is 6.12. The van der Waals surface area contributed by atoms with E-state index in [-0.39, 0.29) is 24.0 Å². The molecule has 1 heterocycles. The molecule has 0 aromatic carbocycles. The standard InChI is InChI=1S/C5H10N2S.HI/c1-8-5-6-3-2-4-7-5;/h2-3,5-7H,4H2,1H3;1H. The second-order valence-corrected chi connectivity index (χ2v) is 2.54. The molecule has 2 nitrogen and oxygen atoms in total. The minimum atomic E-state index is 0. The zero-order valence-electron chi connectivity index (χ0n) is 5.26. The average molecular weight is 258 g/mol. The summed E-state index contributed by atoms with van der Waals surface area (Å²) < 4.78 is 0. The van der Waals surface area contributed by atoms with Crippen molar-refractivity contribution >= 4 is 35.7 Å². The molecule has 0 saturated heterocycles. The zero-order valence-corrected chi connectivity index (χ0v) is 8.40. The first-order valence-electron chi connectivity index (χ1n) is 2.61. The molecule has 0 radical (unpaired) electrons. The molecule has 0 aliphatic carbocycles. The van der Waals surface area contributed by atoms with E-state index in [0.717, 1.165) is 6.54 Å². The second-order valence-electron chi connectivity index (χ2n) is 1.59. The van der Waals surface area contributed by atoms with Crippen molar-refractivity contribution < 1.29 is 0 Å². The molecule has 1 rings (SSSR count). The predicted octanol–water partition coefficient (Wildman–Crippen LogP) is 0.957. The van der Waals surface area contributed by atoms with Crippen LogP contribution in [0.4, 0.5) is 0 Å². The van der Waals surface area contributed by atoms with Gasteiger partial charge in [0.2, 0.25) is 0 Å². The summed E-state index contributed by atoms with van der Waals surface area (Å²) in [7, 11) is 0. The van der Waals surface area contributed by atoms with Crippen LogP contribution in [0.5, 0.6) is 0 Å². The van der Waals surface area contributed by atoms with Gasteiger partial charge in [-0.25, -0.2) is 0 Å². The van der Waals surface area contributed by atoms with Gasteiger partial charge < -0.3 is 5.32 Å². The van der Waals surface area contributed by atoms with Gasteiger partial charge in [0.25, 0.3) is 0 Å². The van der Waals surface area contributed by atoms with Crippen molar-refractivity contribution in [3.63, 3.8) is 0 Å². The van der Waals surface area contributed by atoms with Gasteiger partial charge >= 0.3 is 0 Å². The first-order chi connectivity index (χ1) is 3.93. The van der Waals surface area contributed by atoms with Gasteiger partial charge in [0.05, 0.1) is 0 Å². The molecule has 0 spiro atoms. The highest BCUT2D eigenvalue weighted by Gasteiger charge is 2.02. The quantitative estimate of drug-likeness (QED) is 0.685. The third kappa shape index (κ3) is 3.32. The van der Waals surface area contributed by atoms with Gasteiger partial charge in [-0.3, -0.25) is 5.32 Å². The summed E-state index contributed by atoms with van der Waals surface area (Å²) >= 11 is 1.77. The van der Waals surface area contributed by atoms with Crippen molar-refractivity contribution in [1.82, 2.24) is 10.6 Å². The number of halogens is 1. The Hall–Kier alpha value is 0.580. The van der Waals surface area contributed by atoms with Crippen LogP contribution >= 0.6 is 35.7 Å². The van der Waals surface area contributed by atoms with Gasteiger partial charge in [-0.1, -0.05) is 6.08 Å². The number of thioether (sulfide) groups is 1. The van der Waals surface area contributed by atoms with E-state index >= 15 is 0 Å². The molecule has 9 heavy (non-hydrogen) atoms. The van der Waals surface area contributed by atoms with Gasteiger partial charge in [0.15, 0.2) is 0 Å². The summed E-state index contributed by atoms with van der Waals surface area (Å²) in [5.74, 6) is 0. The molecule has 0 amide bonds. The van der Waals surface area contributed by atoms with Crippen LogP contribution < -0.4 is 10.6 Å². The average Bonchev–Trinajstić information content (AvgIpc) is 1.90. The molecule has 4 heteroatoms. The van der Waals surface area contributed by atoms with E-state index in [1.54, 1.807) is 11.8 Å². The van der Waals surface area contributed by atoms with E-state index in [0.29, 0.717) is 5.50 Å². The van der Waals surface area contributed by atoms with Crippen LogP contribution in [0.1, 0.15) is 0 Å². The van der Waals surface area contributed by atoms with E-state index in [1.165, 1.54) is 0 Å². The molecule has 0 saturated carbocycles. The monoisotopic (exact) mass is 258 g/mol. The fourth-order valence-electron chi connectivity index (χ4n) is 0.600. The Labute approximate surface area is 76.9 Å². The SMILES string of the molecule is CSC1NC=CCN1.I. The molecule has 2 N–H and O–H groups in total. The van der Waals surface area contributed by atoms with Crippen molar-refractivity contribution in [1.29, 1.82) is 0 Å². The summed E-state index contributed by atoms with van der Waals surface area (Å²) in [5.41, 5.74) is 0.417. The smallest absolute Gasteiger partial charge is 0.125 e. The highest BCUT2D eigenvalue weighted by molar-refractivity contribution is 14.0. The molecule has 1 aliphatic heterocycles. The van der Waals surface area contributed by atoms with Crippen LogP contribution in [0, 0.1) is 0 Å².